The van der Waals surface area contributed by atoms with E-state index in [1.165, 1.54) is 0 Å². The standard InChI is InChI=1S/C29H21NO2/c31-29(28-17-9-11-22-10-7-8-16-27(22)28)32-26-20-18-25(19-21-26)30(23-12-3-1-4-13-23)24-14-5-2-6-15-24/h1-21H. The van der Waals surface area contributed by atoms with E-state index in [2.05, 4.69) is 29.2 Å². The first-order valence-corrected chi connectivity index (χ1v) is 10.5. The van der Waals surface area contributed by atoms with Crippen molar-refractivity contribution < 1.29 is 9.53 Å². The van der Waals surface area contributed by atoms with Crippen molar-refractivity contribution in [1.29, 1.82) is 0 Å². The number of esters is 1. The molecule has 0 aliphatic carbocycles. The van der Waals surface area contributed by atoms with Gasteiger partial charge in [0.15, 0.2) is 0 Å². The van der Waals surface area contributed by atoms with E-state index in [9.17, 15) is 4.79 Å². The van der Waals surface area contributed by atoms with Crippen molar-refractivity contribution in [3.8, 4) is 5.75 Å². The monoisotopic (exact) mass is 415 g/mol. The largest absolute Gasteiger partial charge is 0.423 e. The highest BCUT2D eigenvalue weighted by Gasteiger charge is 2.14. The topological polar surface area (TPSA) is 29.5 Å². The van der Waals surface area contributed by atoms with E-state index < -0.39 is 0 Å². The van der Waals surface area contributed by atoms with Crippen molar-refractivity contribution in [3.63, 3.8) is 0 Å². The molecule has 0 aromatic heterocycles. The summed E-state index contributed by atoms with van der Waals surface area (Å²) in [6.45, 7) is 0. The molecule has 0 atom stereocenters. The Morgan fingerprint density at radius 3 is 1.72 bits per heavy atom. The zero-order valence-electron chi connectivity index (χ0n) is 17.4. The number of rotatable bonds is 5. The molecule has 0 aliphatic rings. The van der Waals surface area contributed by atoms with Gasteiger partial charge in [0.05, 0.1) is 5.56 Å². The van der Waals surface area contributed by atoms with Gasteiger partial charge in [-0.05, 0) is 65.4 Å². The molecule has 0 aliphatic heterocycles. The second-order valence-corrected chi connectivity index (χ2v) is 7.42. The van der Waals surface area contributed by atoms with Gasteiger partial charge < -0.3 is 9.64 Å². The third-order valence-corrected chi connectivity index (χ3v) is 5.34. The third-order valence-electron chi connectivity index (χ3n) is 5.34. The fraction of sp³-hybridized carbons (Fsp3) is 0. The molecule has 5 aromatic carbocycles. The van der Waals surface area contributed by atoms with Crippen LogP contribution in [0.5, 0.6) is 5.75 Å². The van der Waals surface area contributed by atoms with Crippen LogP contribution in [0.15, 0.2) is 127 Å². The van der Waals surface area contributed by atoms with Gasteiger partial charge in [-0.3, -0.25) is 0 Å². The smallest absolute Gasteiger partial charge is 0.344 e. The molecule has 32 heavy (non-hydrogen) atoms. The first-order chi connectivity index (χ1) is 15.8. The lowest BCUT2D eigenvalue weighted by atomic mass is 10.0. The maximum Gasteiger partial charge on any atom is 0.344 e. The molecule has 0 heterocycles. The molecule has 0 radical (unpaired) electrons. The van der Waals surface area contributed by atoms with Crippen LogP contribution in [-0.4, -0.2) is 5.97 Å². The predicted molar refractivity (Wildman–Crippen MR) is 130 cm³/mol. The van der Waals surface area contributed by atoms with Crippen LogP contribution in [0.25, 0.3) is 10.8 Å². The Bertz CT molecular complexity index is 1300. The maximum absolute atomic E-state index is 12.9. The third kappa shape index (κ3) is 3.96. The van der Waals surface area contributed by atoms with Crippen molar-refractivity contribution >= 4 is 33.8 Å². The Kier molecular flexibility index (Phi) is 5.38. The summed E-state index contributed by atoms with van der Waals surface area (Å²) in [7, 11) is 0. The van der Waals surface area contributed by atoms with Gasteiger partial charge in [0.1, 0.15) is 5.75 Å². The maximum atomic E-state index is 12.9. The summed E-state index contributed by atoms with van der Waals surface area (Å²) in [4.78, 5) is 15.0. The molecule has 0 unspecified atom stereocenters. The molecule has 0 N–H and O–H groups in total. The van der Waals surface area contributed by atoms with Crippen LogP contribution in [0.4, 0.5) is 17.1 Å². The average Bonchev–Trinajstić information content (AvgIpc) is 2.86. The summed E-state index contributed by atoms with van der Waals surface area (Å²) in [5.41, 5.74) is 3.65. The van der Waals surface area contributed by atoms with Gasteiger partial charge in [-0.2, -0.15) is 0 Å². The van der Waals surface area contributed by atoms with Crippen LogP contribution in [-0.2, 0) is 0 Å². The van der Waals surface area contributed by atoms with Gasteiger partial charge in [-0.25, -0.2) is 4.79 Å². The molecular formula is C29H21NO2. The van der Waals surface area contributed by atoms with Gasteiger partial charge in [0, 0.05) is 17.1 Å². The Morgan fingerprint density at radius 2 is 1.06 bits per heavy atom. The molecule has 0 bridgehead atoms. The summed E-state index contributed by atoms with van der Waals surface area (Å²) in [5.74, 6) is 0.144. The van der Waals surface area contributed by atoms with Crippen LogP contribution in [0.3, 0.4) is 0 Å². The van der Waals surface area contributed by atoms with E-state index >= 15 is 0 Å². The highest BCUT2D eigenvalue weighted by atomic mass is 16.5. The van der Waals surface area contributed by atoms with Gasteiger partial charge in [-0.15, -0.1) is 0 Å². The number of hydrogen-bond donors (Lipinski definition) is 0. The van der Waals surface area contributed by atoms with Crippen molar-refractivity contribution in [3.05, 3.63) is 133 Å². The first-order valence-electron chi connectivity index (χ1n) is 10.5. The molecule has 0 saturated heterocycles. The molecule has 154 valence electrons. The molecule has 0 saturated carbocycles. The van der Waals surface area contributed by atoms with Crippen LogP contribution >= 0.6 is 0 Å². The number of carbonyl (C=O) groups is 1. The number of fused-ring (bicyclic) bond motifs is 1. The van der Waals surface area contributed by atoms with E-state index in [0.29, 0.717) is 11.3 Å². The van der Waals surface area contributed by atoms with E-state index in [0.717, 1.165) is 27.8 Å². The zero-order valence-corrected chi connectivity index (χ0v) is 17.4. The van der Waals surface area contributed by atoms with Crippen molar-refractivity contribution in [1.82, 2.24) is 0 Å². The summed E-state index contributed by atoms with van der Waals surface area (Å²) >= 11 is 0. The highest BCUT2D eigenvalue weighted by Crippen LogP contribution is 2.35. The van der Waals surface area contributed by atoms with Crippen LogP contribution in [0, 0.1) is 0 Å². The summed E-state index contributed by atoms with van der Waals surface area (Å²) in [6.07, 6.45) is 0. The first kappa shape index (κ1) is 19.6. The number of nitrogens with zero attached hydrogens (tertiary/aromatic N) is 1. The average molecular weight is 415 g/mol. The lowest BCUT2D eigenvalue weighted by Crippen LogP contribution is -2.11. The molecule has 0 spiro atoms. The normalized spacial score (nSPS) is 10.6. The minimum atomic E-state index is -0.363. The fourth-order valence-electron chi connectivity index (χ4n) is 3.83. The zero-order chi connectivity index (χ0) is 21.8. The molecule has 5 rings (SSSR count). The molecule has 0 fully saturated rings. The molecule has 3 heteroatoms. The van der Waals surface area contributed by atoms with E-state index in [-0.39, 0.29) is 5.97 Å². The summed E-state index contributed by atoms with van der Waals surface area (Å²) < 4.78 is 5.70. The molecular weight excluding hydrogens is 394 g/mol. The summed E-state index contributed by atoms with van der Waals surface area (Å²) in [5, 5.41) is 1.90. The van der Waals surface area contributed by atoms with Crippen LogP contribution in [0.1, 0.15) is 10.4 Å². The van der Waals surface area contributed by atoms with E-state index in [1.54, 1.807) is 6.07 Å². The SMILES string of the molecule is O=C(Oc1ccc(N(c2ccccc2)c2ccccc2)cc1)c1cccc2ccccc12. The second-order valence-electron chi connectivity index (χ2n) is 7.42. The van der Waals surface area contributed by atoms with E-state index in [1.807, 2.05) is 97.1 Å². The Labute approximate surface area is 187 Å². The fourth-order valence-corrected chi connectivity index (χ4v) is 3.83. The Hall–Kier alpha value is -4.37. The van der Waals surface area contributed by atoms with Gasteiger partial charge in [0.25, 0.3) is 0 Å². The molecule has 5 aromatic rings. The molecule has 0 amide bonds. The van der Waals surface area contributed by atoms with Gasteiger partial charge in [-0.1, -0.05) is 72.8 Å². The van der Waals surface area contributed by atoms with Crippen molar-refractivity contribution in [2.24, 2.45) is 0 Å². The number of para-hydroxylation sites is 2. The van der Waals surface area contributed by atoms with Crippen LogP contribution < -0.4 is 9.64 Å². The number of anilines is 3. The number of ether oxygens (including phenoxy) is 1. The summed E-state index contributed by atoms with van der Waals surface area (Å²) in [6, 6.07) is 41.4. The minimum absolute atomic E-state index is 0.363. The van der Waals surface area contributed by atoms with Gasteiger partial charge >= 0.3 is 5.97 Å². The van der Waals surface area contributed by atoms with E-state index in [4.69, 9.17) is 4.74 Å². The lowest BCUT2D eigenvalue weighted by molar-refractivity contribution is 0.0737. The Morgan fingerprint density at radius 1 is 0.531 bits per heavy atom. The van der Waals surface area contributed by atoms with Crippen molar-refractivity contribution in [2.45, 2.75) is 0 Å². The second kappa shape index (κ2) is 8.78. The highest BCUT2D eigenvalue weighted by molar-refractivity contribution is 6.05. The Balaban J connectivity index is 1.43. The van der Waals surface area contributed by atoms with Gasteiger partial charge in [0.2, 0.25) is 0 Å². The molecule has 3 nitrogen and oxygen atoms in total. The van der Waals surface area contributed by atoms with Crippen molar-refractivity contribution in [2.75, 3.05) is 4.90 Å². The predicted octanol–water partition coefficient (Wildman–Crippen LogP) is 7.53. The number of benzene rings is 5. The number of carbonyl (C=O) groups excluding carboxylic acids is 1. The lowest BCUT2D eigenvalue weighted by Gasteiger charge is -2.25. The number of hydrogen-bond acceptors (Lipinski definition) is 3. The minimum Gasteiger partial charge on any atom is -0.423 e. The quantitative estimate of drug-likeness (QED) is 0.219. The van der Waals surface area contributed by atoms with Crippen LogP contribution in [0.2, 0.25) is 0 Å².